The molecule has 0 atom stereocenters. The van der Waals surface area contributed by atoms with E-state index in [1.165, 1.54) is 0 Å². The molecule has 0 bridgehead atoms. The Balaban J connectivity index is 2.26. The highest BCUT2D eigenvalue weighted by Gasteiger charge is 2.44. The minimum atomic E-state index is -0.787. The quantitative estimate of drug-likeness (QED) is 0.882. The summed E-state index contributed by atoms with van der Waals surface area (Å²) in [6.45, 7) is 4.22. The molecule has 0 unspecified atom stereocenters. The Hall–Kier alpha value is -2.11. The highest BCUT2D eigenvalue weighted by Crippen LogP contribution is 2.25. The molecule has 1 aromatic heterocycles. The molecule has 2 rings (SSSR count). The van der Waals surface area contributed by atoms with E-state index in [0.717, 1.165) is 5.56 Å². The first kappa shape index (κ1) is 15.3. The number of nitrogens with zero attached hydrogens (tertiary/aromatic N) is 2. The summed E-state index contributed by atoms with van der Waals surface area (Å²) in [5, 5.41) is 2.85. The van der Waals surface area contributed by atoms with Crippen LogP contribution < -0.4 is 10.1 Å². The molecule has 0 spiro atoms. The molecule has 1 aliphatic heterocycles. The number of aromatic nitrogens is 1. The SMILES string of the molecule is CCC1(CC)NC(=O)CN(Cc2cccnc2OC)C1=O. The summed E-state index contributed by atoms with van der Waals surface area (Å²) in [4.78, 5) is 30.4. The summed E-state index contributed by atoms with van der Waals surface area (Å²) >= 11 is 0. The maximum Gasteiger partial charge on any atom is 0.249 e. The van der Waals surface area contributed by atoms with Crippen LogP contribution in [0.2, 0.25) is 0 Å². The van der Waals surface area contributed by atoms with Crippen LogP contribution in [-0.2, 0) is 16.1 Å². The van der Waals surface area contributed by atoms with E-state index < -0.39 is 5.54 Å². The van der Waals surface area contributed by atoms with Crippen molar-refractivity contribution in [1.29, 1.82) is 0 Å². The van der Waals surface area contributed by atoms with Crippen LogP contribution in [0.25, 0.3) is 0 Å². The Kier molecular flexibility index (Phi) is 4.45. The van der Waals surface area contributed by atoms with Crippen molar-refractivity contribution in [1.82, 2.24) is 15.2 Å². The molecule has 114 valence electrons. The summed E-state index contributed by atoms with van der Waals surface area (Å²) in [6.07, 6.45) is 2.79. The van der Waals surface area contributed by atoms with Gasteiger partial charge in [-0.2, -0.15) is 0 Å². The van der Waals surface area contributed by atoms with Crippen molar-refractivity contribution in [3.05, 3.63) is 23.9 Å². The van der Waals surface area contributed by atoms with Crippen LogP contribution in [0.3, 0.4) is 0 Å². The minimum Gasteiger partial charge on any atom is -0.481 e. The van der Waals surface area contributed by atoms with Gasteiger partial charge in [0, 0.05) is 11.8 Å². The van der Waals surface area contributed by atoms with Crippen molar-refractivity contribution in [2.75, 3.05) is 13.7 Å². The van der Waals surface area contributed by atoms with Crippen molar-refractivity contribution in [2.24, 2.45) is 0 Å². The average Bonchev–Trinajstić information content (AvgIpc) is 2.51. The van der Waals surface area contributed by atoms with E-state index in [1.807, 2.05) is 19.9 Å². The van der Waals surface area contributed by atoms with E-state index in [1.54, 1.807) is 24.3 Å². The molecule has 0 aromatic carbocycles. The van der Waals surface area contributed by atoms with E-state index in [0.29, 0.717) is 25.3 Å². The zero-order chi connectivity index (χ0) is 15.5. The normalized spacial score (nSPS) is 17.6. The molecule has 6 heteroatoms. The molecule has 2 heterocycles. The summed E-state index contributed by atoms with van der Waals surface area (Å²) < 4.78 is 5.20. The van der Waals surface area contributed by atoms with Crippen molar-refractivity contribution in [3.8, 4) is 5.88 Å². The molecule has 1 aliphatic rings. The predicted octanol–water partition coefficient (Wildman–Crippen LogP) is 1.11. The first-order chi connectivity index (χ1) is 10.1. The molecular formula is C15H21N3O3. The number of carbonyl (C=O) groups excluding carboxylic acids is 2. The Bertz CT molecular complexity index is 541. The lowest BCUT2D eigenvalue weighted by atomic mass is 9.89. The number of amides is 2. The number of pyridine rings is 1. The second-order valence-electron chi connectivity index (χ2n) is 5.17. The Morgan fingerprint density at radius 2 is 2.10 bits per heavy atom. The van der Waals surface area contributed by atoms with Gasteiger partial charge in [0.2, 0.25) is 17.7 Å². The fourth-order valence-electron chi connectivity index (χ4n) is 2.70. The maximum absolute atomic E-state index is 12.7. The van der Waals surface area contributed by atoms with E-state index >= 15 is 0 Å². The molecule has 6 nitrogen and oxygen atoms in total. The molecule has 1 fully saturated rings. The molecule has 1 aromatic rings. The van der Waals surface area contributed by atoms with Gasteiger partial charge in [0.1, 0.15) is 5.54 Å². The fraction of sp³-hybridized carbons (Fsp3) is 0.533. The zero-order valence-electron chi connectivity index (χ0n) is 12.7. The number of hydrogen-bond acceptors (Lipinski definition) is 4. The van der Waals surface area contributed by atoms with Crippen LogP contribution >= 0.6 is 0 Å². The van der Waals surface area contributed by atoms with Gasteiger partial charge in [-0.25, -0.2) is 4.98 Å². The third-order valence-electron chi connectivity index (χ3n) is 4.02. The van der Waals surface area contributed by atoms with Crippen LogP contribution in [0.1, 0.15) is 32.3 Å². The maximum atomic E-state index is 12.7. The Morgan fingerprint density at radius 3 is 2.71 bits per heavy atom. The number of carbonyl (C=O) groups is 2. The standard InChI is InChI=1S/C15H21N3O3/c1-4-15(5-2)14(20)18(10-12(19)17-15)9-11-7-6-8-16-13(11)21-3/h6-8H,4-5,9-10H2,1-3H3,(H,17,19). The van der Waals surface area contributed by atoms with E-state index in [9.17, 15) is 9.59 Å². The van der Waals surface area contributed by atoms with Gasteiger partial charge in [0.05, 0.1) is 20.2 Å². The van der Waals surface area contributed by atoms with E-state index in [2.05, 4.69) is 10.3 Å². The third-order valence-corrected chi connectivity index (χ3v) is 4.02. The second kappa shape index (κ2) is 6.11. The van der Waals surface area contributed by atoms with Gasteiger partial charge < -0.3 is 15.0 Å². The first-order valence-corrected chi connectivity index (χ1v) is 7.14. The molecule has 1 saturated heterocycles. The van der Waals surface area contributed by atoms with Gasteiger partial charge >= 0.3 is 0 Å². The summed E-state index contributed by atoms with van der Waals surface area (Å²) in [6, 6.07) is 3.64. The second-order valence-corrected chi connectivity index (χ2v) is 5.17. The van der Waals surface area contributed by atoms with Gasteiger partial charge in [0.15, 0.2) is 0 Å². The van der Waals surface area contributed by atoms with Crippen LogP contribution in [0.4, 0.5) is 0 Å². The summed E-state index contributed by atoms with van der Waals surface area (Å²) in [5.74, 6) is 0.314. The molecule has 0 radical (unpaired) electrons. The largest absolute Gasteiger partial charge is 0.481 e. The first-order valence-electron chi connectivity index (χ1n) is 7.14. The molecule has 0 aliphatic carbocycles. The van der Waals surface area contributed by atoms with Gasteiger partial charge in [-0.15, -0.1) is 0 Å². The minimum absolute atomic E-state index is 0.0435. The van der Waals surface area contributed by atoms with Gasteiger partial charge in [-0.05, 0) is 18.9 Å². The van der Waals surface area contributed by atoms with E-state index in [4.69, 9.17) is 4.74 Å². The lowest BCUT2D eigenvalue weighted by Gasteiger charge is -2.41. The van der Waals surface area contributed by atoms with Crippen molar-refractivity contribution in [3.63, 3.8) is 0 Å². The number of methoxy groups -OCH3 is 1. The zero-order valence-corrected chi connectivity index (χ0v) is 12.7. The summed E-state index contributed by atoms with van der Waals surface area (Å²) in [5.41, 5.74) is 0.00859. The molecule has 2 amide bonds. The highest BCUT2D eigenvalue weighted by molar-refractivity contribution is 5.97. The number of hydrogen-bond donors (Lipinski definition) is 1. The number of piperazine rings is 1. The van der Waals surface area contributed by atoms with Gasteiger partial charge in [0.25, 0.3) is 0 Å². The summed E-state index contributed by atoms with van der Waals surface area (Å²) in [7, 11) is 1.54. The highest BCUT2D eigenvalue weighted by atomic mass is 16.5. The topological polar surface area (TPSA) is 71.5 Å². The lowest BCUT2D eigenvalue weighted by Crippen LogP contribution is -2.65. The van der Waals surface area contributed by atoms with Gasteiger partial charge in [-0.3, -0.25) is 9.59 Å². The number of nitrogens with one attached hydrogen (secondary N) is 1. The molecule has 0 saturated carbocycles. The van der Waals surface area contributed by atoms with Crippen molar-refractivity contribution >= 4 is 11.8 Å². The van der Waals surface area contributed by atoms with Gasteiger partial charge in [-0.1, -0.05) is 19.9 Å². The molecular weight excluding hydrogens is 270 g/mol. The monoisotopic (exact) mass is 291 g/mol. The van der Waals surface area contributed by atoms with Crippen LogP contribution in [-0.4, -0.2) is 40.9 Å². The number of ether oxygens (including phenoxy) is 1. The van der Waals surface area contributed by atoms with Crippen molar-refractivity contribution < 1.29 is 14.3 Å². The van der Waals surface area contributed by atoms with Crippen LogP contribution in [0.5, 0.6) is 5.88 Å². The molecule has 1 N–H and O–H groups in total. The number of rotatable bonds is 5. The van der Waals surface area contributed by atoms with Crippen LogP contribution in [0, 0.1) is 0 Å². The Morgan fingerprint density at radius 1 is 1.38 bits per heavy atom. The fourth-order valence-corrected chi connectivity index (χ4v) is 2.70. The smallest absolute Gasteiger partial charge is 0.249 e. The van der Waals surface area contributed by atoms with E-state index in [-0.39, 0.29) is 18.4 Å². The Labute approximate surface area is 124 Å². The predicted molar refractivity (Wildman–Crippen MR) is 77.7 cm³/mol. The molecule has 21 heavy (non-hydrogen) atoms. The lowest BCUT2D eigenvalue weighted by molar-refractivity contribution is -0.151. The van der Waals surface area contributed by atoms with Crippen molar-refractivity contribution in [2.45, 2.75) is 38.8 Å². The van der Waals surface area contributed by atoms with Crippen LogP contribution in [0.15, 0.2) is 18.3 Å². The third kappa shape index (κ3) is 2.84. The average molecular weight is 291 g/mol.